The van der Waals surface area contributed by atoms with Gasteiger partial charge in [0.15, 0.2) is 0 Å². The van der Waals surface area contributed by atoms with E-state index in [4.69, 9.17) is 11.0 Å². The van der Waals surface area contributed by atoms with Gasteiger partial charge >= 0.3 is 0 Å². The SMILES string of the molecule is CC(C)(C)C(N)C(=O)NCCCCC#N. The first-order valence-electron chi connectivity index (χ1n) is 5.30. The predicted octanol–water partition coefficient (Wildman–Crippen LogP) is 1.17. The van der Waals surface area contributed by atoms with E-state index in [0.717, 1.165) is 12.8 Å². The first-order valence-corrected chi connectivity index (χ1v) is 5.30. The van der Waals surface area contributed by atoms with E-state index in [9.17, 15) is 4.79 Å². The predicted molar refractivity (Wildman–Crippen MR) is 59.9 cm³/mol. The van der Waals surface area contributed by atoms with Gasteiger partial charge in [0, 0.05) is 13.0 Å². The van der Waals surface area contributed by atoms with Gasteiger partial charge in [0.1, 0.15) is 0 Å². The lowest BCUT2D eigenvalue weighted by Gasteiger charge is -2.25. The molecule has 0 saturated carbocycles. The summed E-state index contributed by atoms with van der Waals surface area (Å²) in [5, 5.41) is 11.1. The minimum absolute atomic E-state index is 0.112. The molecule has 0 rings (SSSR count). The Morgan fingerprint density at radius 2 is 2.07 bits per heavy atom. The maximum atomic E-state index is 11.5. The summed E-state index contributed by atoms with van der Waals surface area (Å²) in [5.41, 5.74) is 5.56. The molecule has 1 amide bonds. The molecular formula is C11H21N3O. The Kier molecular flexibility index (Phi) is 5.95. The van der Waals surface area contributed by atoms with Crippen molar-refractivity contribution in [2.45, 2.75) is 46.1 Å². The molecule has 1 atom stereocenters. The fraction of sp³-hybridized carbons (Fsp3) is 0.818. The van der Waals surface area contributed by atoms with Crippen LogP contribution < -0.4 is 11.1 Å². The number of carbonyl (C=O) groups excluding carboxylic acids is 1. The quantitative estimate of drug-likeness (QED) is 0.670. The van der Waals surface area contributed by atoms with Crippen molar-refractivity contribution in [1.29, 1.82) is 5.26 Å². The van der Waals surface area contributed by atoms with Gasteiger partial charge < -0.3 is 11.1 Å². The molecule has 0 aromatic carbocycles. The fourth-order valence-corrected chi connectivity index (χ4v) is 1.04. The fourth-order valence-electron chi connectivity index (χ4n) is 1.04. The van der Waals surface area contributed by atoms with Gasteiger partial charge in [0.05, 0.1) is 12.1 Å². The summed E-state index contributed by atoms with van der Waals surface area (Å²) < 4.78 is 0. The molecule has 0 bridgehead atoms. The second-order valence-electron chi connectivity index (χ2n) is 4.75. The number of nitriles is 1. The van der Waals surface area contributed by atoms with Crippen molar-refractivity contribution in [3.05, 3.63) is 0 Å². The third-order valence-electron chi connectivity index (χ3n) is 2.23. The largest absolute Gasteiger partial charge is 0.355 e. The van der Waals surface area contributed by atoms with Crippen LogP contribution in [0.1, 0.15) is 40.0 Å². The maximum Gasteiger partial charge on any atom is 0.237 e. The van der Waals surface area contributed by atoms with E-state index in [2.05, 4.69) is 11.4 Å². The van der Waals surface area contributed by atoms with Gasteiger partial charge in [0.2, 0.25) is 5.91 Å². The summed E-state index contributed by atoms with van der Waals surface area (Å²) in [5.74, 6) is -0.112. The molecule has 0 fully saturated rings. The highest BCUT2D eigenvalue weighted by Crippen LogP contribution is 2.16. The second kappa shape index (κ2) is 6.41. The molecule has 3 N–H and O–H groups in total. The third-order valence-corrected chi connectivity index (χ3v) is 2.23. The molecule has 86 valence electrons. The zero-order valence-corrected chi connectivity index (χ0v) is 9.84. The lowest BCUT2D eigenvalue weighted by atomic mass is 9.87. The highest BCUT2D eigenvalue weighted by atomic mass is 16.2. The highest BCUT2D eigenvalue weighted by molar-refractivity contribution is 5.82. The Labute approximate surface area is 91.8 Å². The normalized spacial score (nSPS) is 13.0. The van der Waals surface area contributed by atoms with Crippen LogP contribution in [0.25, 0.3) is 0 Å². The van der Waals surface area contributed by atoms with E-state index >= 15 is 0 Å². The molecule has 0 aliphatic carbocycles. The Morgan fingerprint density at radius 3 is 2.53 bits per heavy atom. The van der Waals surface area contributed by atoms with Crippen LogP contribution in [-0.4, -0.2) is 18.5 Å². The van der Waals surface area contributed by atoms with Crippen molar-refractivity contribution < 1.29 is 4.79 Å². The Hall–Kier alpha value is -1.08. The average molecular weight is 211 g/mol. The minimum Gasteiger partial charge on any atom is -0.355 e. The summed E-state index contributed by atoms with van der Waals surface area (Å²) in [6.45, 7) is 6.41. The van der Waals surface area contributed by atoms with E-state index in [1.807, 2.05) is 20.8 Å². The zero-order valence-electron chi connectivity index (χ0n) is 9.84. The van der Waals surface area contributed by atoms with Crippen LogP contribution in [-0.2, 0) is 4.79 Å². The molecule has 0 saturated heterocycles. The number of nitrogens with one attached hydrogen (secondary N) is 1. The molecule has 4 heteroatoms. The lowest BCUT2D eigenvalue weighted by Crippen LogP contribution is -2.48. The van der Waals surface area contributed by atoms with Gasteiger partial charge in [-0.2, -0.15) is 5.26 Å². The van der Waals surface area contributed by atoms with Gasteiger partial charge in [0.25, 0.3) is 0 Å². The number of nitrogens with two attached hydrogens (primary N) is 1. The molecular weight excluding hydrogens is 190 g/mol. The maximum absolute atomic E-state index is 11.5. The van der Waals surface area contributed by atoms with Crippen molar-refractivity contribution in [3.8, 4) is 6.07 Å². The van der Waals surface area contributed by atoms with Crippen molar-refractivity contribution in [3.63, 3.8) is 0 Å². The van der Waals surface area contributed by atoms with Crippen LogP contribution in [0.4, 0.5) is 0 Å². The molecule has 0 aliphatic rings. The Balaban J connectivity index is 3.71. The van der Waals surface area contributed by atoms with Crippen molar-refractivity contribution in [2.24, 2.45) is 11.1 Å². The summed E-state index contributed by atoms with van der Waals surface area (Å²) in [4.78, 5) is 11.5. The summed E-state index contributed by atoms with van der Waals surface area (Å²) >= 11 is 0. The number of unbranched alkanes of at least 4 members (excludes halogenated alkanes) is 2. The highest BCUT2D eigenvalue weighted by Gasteiger charge is 2.26. The van der Waals surface area contributed by atoms with Crippen LogP contribution in [0.2, 0.25) is 0 Å². The van der Waals surface area contributed by atoms with Gasteiger partial charge in [-0.3, -0.25) is 4.79 Å². The molecule has 0 aromatic heterocycles. The summed E-state index contributed by atoms with van der Waals surface area (Å²) in [6.07, 6.45) is 2.19. The van der Waals surface area contributed by atoms with E-state index in [0.29, 0.717) is 13.0 Å². The lowest BCUT2D eigenvalue weighted by molar-refractivity contribution is -0.124. The average Bonchev–Trinajstić information content (AvgIpc) is 2.14. The first-order chi connectivity index (χ1) is 6.89. The number of amides is 1. The monoisotopic (exact) mass is 211 g/mol. The van der Waals surface area contributed by atoms with Gasteiger partial charge in [-0.15, -0.1) is 0 Å². The molecule has 0 aromatic rings. The van der Waals surface area contributed by atoms with Crippen LogP contribution in [0, 0.1) is 16.7 Å². The zero-order chi connectivity index (χ0) is 11.9. The number of hydrogen-bond acceptors (Lipinski definition) is 3. The van der Waals surface area contributed by atoms with Crippen LogP contribution in [0.5, 0.6) is 0 Å². The van der Waals surface area contributed by atoms with Gasteiger partial charge in [-0.1, -0.05) is 20.8 Å². The van der Waals surface area contributed by atoms with Crippen molar-refractivity contribution >= 4 is 5.91 Å². The number of nitrogens with zero attached hydrogens (tertiary/aromatic N) is 1. The Bertz CT molecular complexity index is 237. The van der Waals surface area contributed by atoms with Gasteiger partial charge in [-0.25, -0.2) is 0 Å². The molecule has 1 unspecified atom stereocenters. The number of rotatable bonds is 5. The van der Waals surface area contributed by atoms with Crippen LogP contribution >= 0.6 is 0 Å². The summed E-state index contributed by atoms with van der Waals surface area (Å²) in [6, 6.07) is 1.59. The minimum atomic E-state index is -0.478. The number of carbonyl (C=O) groups is 1. The number of hydrogen-bond donors (Lipinski definition) is 2. The van der Waals surface area contributed by atoms with Crippen LogP contribution in [0.15, 0.2) is 0 Å². The van der Waals surface area contributed by atoms with Crippen molar-refractivity contribution in [2.75, 3.05) is 6.54 Å². The van der Waals surface area contributed by atoms with Gasteiger partial charge in [-0.05, 0) is 18.3 Å². The van der Waals surface area contributed by atoms with Crippen molar-refractivity contribution in [1.82, 2.24) is 5.32 Å². The molecule has 0 spiro atoms. The smallest absolute Gasteiger partial charge is 0.237 e. The summed E-state index contributed by atoms with van der Waals surface area (Å²) in [7, 11) is 0. The topological polar surface area (TPSA) is 78.9 Å². The molecule has 15 heavy (non-hydrogen) atoms. The third kappa shape index (κ3) is 6.08. The van der Waals surface area contributed by atoms with E-state index < -0.39 is 6.04 Å². The molecule has 4 nitrogen and oxygen atoms in total. The molecule has 0 heterocycles. The standard InChI is InChI=1S/C11H21N3O/c1-11(2,3)9(13)10(15)14-8-6-4-5-7-12/h9H,4-6,8,13H2,1-3H3,(H,14,15). The Morgan fingerprint density at radius 1 is 1.47 bits per heavy atom. The second-order valence-corrected chi connectivity index (χ2v) is 4.75. The molecule has 0 radical (unpaired) electrons. The van der Waals surface area contributed by atoms with E-state index in [1.165, 1.54) is 0 Å². The van der Waals surface area contributed by atoms with E-state index in [1.54, 1.807) is 0 Å². The van der Waals surface area contributed by atoms with Crippen LogP contribution in [0.3, 0.4) is 0 Å². The van der Waals surface area contributed by atoms with E-state index in [-0.39, 0.29) is 11.3 Å². The first kappa shape index (κ1) is 13.9. The molecule has 0 aliphatic heterocycles.